The van der Waals surface area contributed by atoms with E-state index >= 15 is 0 Å². The summed E-state index contributed by atoms with van der Waals surface area (Å²) in [6, 6.07) is 0. The van der Waals surface area contributed by atoms with Crippen molar-refractivity contribution in [3.63, 3.8) is 0 Å². The number of aliphatic hydroxyl groups excluding tert-OH is 1. The average molecular weight is 277 g/mol. The van der Waals surface area contributed by atoms with Crippen molar-refractivity contribution >= 4 is 14.2 Å². The van der Waals surface area contributed by atoms with Crippen molar-refractivity contribution in [1.82, 2.24) is 5.06 Å². The van der Waals surface area contributed by atoms with E-state index in [4.69, 9.17) is 9.26 Å². The predicted molar refractivity (Wildman–Crippen MR) is 73.6 cm³/mol. The van der Waals surface area contributed by atoms with Gasteiger partial charge in [0.25, 0.3) is 0 Å². The third-order valence-electron chi connectivity index (χ3n) is 3.48. The van der Waals surface area contributed by atoms with E-state index in [1.54, 1.807) is 0 Å². The van der Waals surface area contributed by atoms with Crippen LogP contribution in [0.15, 0.2) is 0 Å². The van der Waals surface area contributed by atoms with Crippen LogP contribution in [-0.2, 0) is 14.1 Å². The van der Waals surface area contributed by atoms with Crippen LogP contribution in [0.5, 0.6) is 0 Å². The van der Waals surface area contributed by atoms with Gasteiger partial charge in [-0.25, -0.2) is 5.06 Å². The van der Waals surface area contributed by atoms with Crippen molar-refractivity contribution in [1.29, 1.82) is 0 Å². The number of amides is 1. The topological polar surface area (TPSA) is 59.0 Å². The molecule has 0 aromatic carbocycles. The van der Waals surface area contributed by atoms with E-state index in [2.05, 4.69) is 33.9 Å². The Morgan fingerprint density at radius 1 is 1.39 bits per heavy atom. The Morgan fingerprint density at radius 3 is 2.28 bits per heavy atom. The van der Waals surface area contributed by atoms with Gasteiger partial charge in [-0.2, -0.15) is 0 Å². The van der Waals surface area contributed by atoms with E-state index in [1.165, 1.54) is 14.2 Å². The van der Waals surface area contributed by atoms with Gasteiger partial charge in [0.2, 0.25) is 5.91 Å². The van der Waals surface area contributed by atoms with Crippen LogP contribution in [0.25, 0.3) is 0 Å². The van der Waals surface area contributed by atoms with E-state index in [0.717, 1.165) is 5.06 Å². The van der Waals surface area contributed by atoms with Crippen LogP contribution in [-0.4, -0.2) is 51.3 Å². The highest BCUT2D eigenvalue weighted by Gasteiger charge is 2.37. The van der Waals surface area contributed by atoms with Crippen LogP contribution in [0.1, 0.15) is 27.2 Å². The smallest absolute Gasteiger partial charge is 0.248 e. The van der Waals surface area contributed by atoms with Crippen molar-refractivity contribution in [3.05, 3.63) is 0 Å². The summed E-state index contributed by atoms with van der Waals surface area (Å²) in [6.07, 6.45) is -0.775. The molecule has 0 aromatic heterocycles. The summed E-state index contributed by atoms with van der Waals surface area (Å²) in [4.78, 5) is 16.3. The zero-order valence-electron chi connectivity index (χ0n) is 12.6. The minimum absolute atomic E-state index is 0.0129. The number of hydrogen-bond donors (Lipinski definition) is 1. The quantitative estimate of drug-likeness (QED) is 0.594. The van der Waals surface area contributed by atoms with Crippen LogP contribution >= 0.6 is 0 Å². The van der Waals surface area contributed by atoms with Crippen LogP contribution in [0.2, 0.25) is 18.1 Å². The number of aliphatic hydroxyl groups is 1. The van der Waals surface area contributed by atoms with Crippen LogP contribution in [0.4, 0.5) is 0 Å². The fraction of sp³-hybridized carbons (Fsp3) is 0.917. The van der Waals surface area contributed by atoms with Crippen LogP contribution in [0, 0.1) is 0 Å². The van der Waals surface area contributed by atoms with Gasteiger partial charge in [0.15, 0.2) is 8.32 Å². The highest BCUT2D eigenvalue weighted by Crippen LogP contribution is 2.36. The first kappa shape index (κ1) is 17.6. The maximum atomic E-state index is 11.5. The molecule has 0 fully saturated rings. The fourth-order valence-electron chi connectivity index (χ4n) is 1.01. The van der Waals surface area contributed by atoms with E-state index < -0.39 is 14.4 Å². The van der Waals surface area contributed by atoms with Gasteiger partial charge in [-0.3, -0.25) is 9.63 Å². The molecule has 0 radical (unpaired) electrons. The molecule has 0 bridgehead atoms. The molecule has 108 valence electrons. The van der Waals surface area contributed by atoms with Crippen LogP contribution < -0.4 is 0 Å². The molecule has 0 heterocycles. The highest BCUT2D eigenvalue weighted by molar-refractivity contribution is 6.74. The first-order valence-corrected chi connectivity index (χ1v) is 9.05. The summed E-state index contributed by atoms with van der Waals surface area (Å²) in [5, 5.41) is 11.0. The molecule has 0 aliphatic heterocycles. The summed E-state index contributed by atoms with van der Waals surface area (Å²) >= 11 is 0. The lowest BCUT2D eigenvalue weighted by Gasteiger charge is -2.36. The Balaban J connectivity index is 4.20. The Labute approximate surface area is 111 Å². The van der Waals surface area contributed by atoms with Gasteiger partial charge in [-0.1, -0.05) is 20.8 Å². The average Bonchev–Trinajstić information content (AvgIpc) is 2.23. The van der Waals surface area contributed by atoms with Gasteiger partial charge in [-0.15, -0.1) is 0 Å². The molecule has 1 amide bonds. The molecule has 0 aliphatic rings. The molecule has 0 aliphatic carbocycles. The second kappa shape index (κ2) is 6.65. The molecule has 0 saturated carbocycles. The number of hydroxylamine groups is 2. The largest absolute Gasteiger partial charge is 0.414 e. The Kier molecular flexibility index (Phi) is 6.49. The molecule has 0 unspecified atom stereocenters. The Hall–Kier alpha value is -0.433. The van der Waals surface area contributed by atoms with Crippen LogP contribution in [0.3, 0.4) is 0 Å². The lowest BCUT2D eigenvalue weighted by Crippen LogP contribution is -2.43. The first-order chi connectivity index (χ1) is 8.01. The van der Waals surface area contributed by atoms with E-state index in [9.17, 15) is 9.90 Å². The SMILES string of the molecule is CON(C)C(=O)C[C@H](O)CO[Si](C)(C)C(C)(C)C. The monoisotopic (exact) mass is 277 g/mol. The van der Waals surface area contributed by atoms with Crippen molar-refractivity contribution in [2.45, 2.75) is 51.4 Å². The third-order valence-corrected chi connectivity index (χ3v) is 7.98. The lowest BCUT2D eigenvalue weighted by molar-refractivity contribution is -0.171. The third kappa shape index (κ3) is 5.47. The van der Waals surface area contributed by atoms with Crippen molar-refractivity contribution in [3.8, 4) is 0 Å². The number of hydrogen-bond acceptors (Lipinski definition) is 4. The molecule has 1 N–H and O–H groups in total. The predicted octanol–water partition coefficient (Wildman–Crippen LogP) is 1.78. The zero-order chi connectivity index (χ0) is 14.6. The molecule has 1 atom stereocenters. The molecular weight excluding hydrogens is 250 g/mol. The van der Waals surface area contributed by atoms with E-state index in [0.29, 0.717) is 0 Å². The standard InChI is InChI=1S/C12H27NO4Si/c1-12(2,3)18(6,7)17-9-10(14)8-11(15)13(4)16-5/h10,14H,8-9H2,1-7H3/t10-/m0/s1. The maximum absolute atomic E-state index is 11.5. The first-order valence-electron chi connectivity index (χ1n) is 6.14. The summed E-state index contributed by atoms with van der Waals surface area (Å²) in [5.74, 6) is -0.260. The molecule has 0 aromatic rings. The fourth-order valence-corrected chi connectivity index (χ4v) is 2.05. The van der Waals surface area contributed by atoms with Crippen molar-refractivity contribution in [2.75, 3.05) is 20.8 Å². The highest BCUT2D eigenvalue weighted by atomic mass is 28.4. The van der Waals surface area contributed by atoms with Gasteiger partial charge in [0.05, 0.1) is 26.2 Å². The maximum Gasteiger partial charge on any atom is 0.248 e. The summed E-state index contributed by atoms with van der Waals surface area (Å²) < 4.78 is 5.85. The Bertz CT molecular complexity index is 276. The summed E-state index contributed by atoms with van der Waals surface area (Å²) in [5.41, 5.74) is 0. The second-order valence-corrected chi connectivity index (χ2v) is 10.8. The number of rotatable bonds is 6. The van der Waals surface area contributed by atoms with Gasteiger partial charge in [0.1, 0.15) is 0 Å². The minimum atomic E-state index is -1.87. The number of nitrogens with zero attached hydrogens (tertiary/aromatic N) is 1. The molecule has 0 spiro atoms. The van der Waals surface area contributed by atoms with Gasteiger partial charge in [-0.05, 0) is 18.1 Å². The molecule has 0 saturated heterocycles. The normalized spacial score (nSPS) is 14.4. The Morgan fingerprint density at radius 2 is 1.89 bits per heavy atom. The zero-order valence-corrected chi connectivity index (χ0v) is 13.6. The molecular formula is C12H27NO4Si. The molecule has 5 nitrogen and oxygen atoms in total. The molecule has 18 heavy (non-hydrogen) atoms. The summed E-state index contributed by atoms with van der Waals surface area (Å²) in [7, 11) is 1.06. The van der Waals surface area contributed by atoms with Gasteiger partial charge < -0.3 is 9.53 Å². The summed E-state index contributed by atoms with van der Waals surface area (Å²) in [6.45, 7) is 10.8. The molecule has 0 rings (SSSR count). The molecule has 6 heteroatoms. The number of carbonyl (C=O) groups is 1. The second-order valence-electron chi connectivity index (χ2n) is 6.00. The van der Waals surface area contributed by atoms with Crippen molar-refractivity contribution in [2.24, 2.45) is 0 Å². The van der Waals surface area contributed by atoms with E-state index in [-0.39, 0.29) is 24.0 Å². The minimum Gasteiger partial charge on any atom is -0.414 e. The van der Waals surface area contributed by atoms with Crippen molar-refractivity contribution < 1.29 is 19.2 Å². The lowest BCUT2D eigenvalue weighted by atomic mass is 10.2. The van der Waals surface area contributed by atoms with Gasteiger partial charge in [0, 0.05) is 7.05 Å². The number of carbonyl (C=O) groups excluding carboxylic acids is 1. The van der Waals surface area contributed by atoms with E-state index in [1.807, 2.05) is 0 Å². The van der Waals surface area contributed by atoms with Gasteiger partial charge >= 0.3 is 0 Å².